The van der Waals surface area contributed by atoms with Crippen LogP contribution in [0.5, 0.6) is 0 Å². The zero-order valence-corrected chi connectivity index (χ0v) is 85.9. The Hall–Kier alpha value is -4.52. The highest BCUT2D eigenvalue weighted by Gasteiger charge is 2.62. The molecule has 3 aromatic carbocycles. The van der Waals surface area contributed by atoms with E-state index in [1.54, 1.807) is 72.8 Å². The Balaban J connectivity index is 0.000000576. The number of halogens is 6. The average Bonchev–Trinajstić information content (AvgIpc) is 1.53. The van der Waals surface area contributed by atoms with Crippen LogP contribution in [0, 0.1) is 0 Å². The molecule has 0 saturated carbocycles. The predicted molar refractivity (Wildman–Crippen MR) is 585 cm³/mol. The van der Waals surface area contributed by atoms with Crippen LogP contribution in [-0.4, -0.2) is 382 Å². The molecule has 18 nitrogen and oxygen atoms in total. The van der Waals surface area contributed by atoms with Crippen LogP contribution in [-0.2, 0) is 76.8 Å². The van der Waals surface area contributed by atoms with Gasteiger partial charge in [-0.25, -0.2) is 28.8 Å². The van der Waals surface area contributed by atoms with Crippen molar-refractivity contribution in [3.8, 4) is 0 Å². The number of amides is 3. The standard InChI is InChI=1S/C17H40B17.C16H38B16.3C15H17F2NO5/c1-18-14(19-2)31(28-11)17(26-9,27-10)34(32(29-12)15(20-3,21-4)22-5)33(30-13)16(23-6,24-7)25-8;1-17-13-29(26-10)16(24-8,25-9)32(30(27-11)14(18-2,19-3)20-4)31(28-12)15(21-5,22-6)23-7;3*1-21-12(19)15(23-13(16)17)7-8-18(10-15)14(20)22-9-11-5-3-2-4-6-11/h14H,1-13H3;13H2,1-12H3;3*2-6,13H,7-10H2,1H3/t;;2*15-;/m..00./s1. The van der Waals surface area contributed by atoms with Crippen LogP contribution in [0.1, 0.15) is 36.0 Å². The molecule has 135 heavy (non-hydrogen) atoms. The SMILES string of the molecule is COC(=O)C1(OC(F)F)CCN(C(=O)OCc2ccccc2)C1.COC(=O)[C@]1(OC(F)F)CCN(C(=O)OCc2ccccc2)C1.COC(=O)[C@]1(OC(F)F)CCN(C(=O)OCc2ccccc2)C1.C[B]B(B(B([B]C)C([B]C)([B]C)[B]C)C([B]C)([B]C)B([B]C)C([B]C)[B]C)C([B]C)([B]C)[B]C.C[B]CB([B]C)C([B]C)([B]C)B(B([B]C)C([B]C)([B]C)[B]C)B([B]C)C([B]C)([B]C)[B]C. The summed E-state index contributed by atoms with van der Waals surface area (Å²) >= 11 is 0. The molecule has 3 aromatic rings. The number of benzene rings is 3. The van der Waals surface area contributed by atoms with E-state index in [4.69, 9.17) is 14.2 Å². The summed E-state index contributed by atoms with van der Waals surface area (Å²) in [7, 11) is 64.2. The number of nitrogens with zero attached hydrogens (tertiary/aromatic N) is 3. The molecule has 687 valence electrons. The second kappa shape index (κ2) is 63.5. The molecule has 0 bridgehead atoms. The van der Waals surface area contributed by atoms with Gasteiger partial charge in [0.2, 0.25) is 0 Å². The number of esters is 3. The lowest BCUT2D eigenvalue weighted by Gasteiger charge is -2.58. The molecule has 0 spiro atoms. The maximum atomic E-state index is 12.6. The molecule has 3 aliphatic heterocycles. The van der Waals surface area contributed by atoms with E-state index in [1.165, 1.54) is 0 Å². The van der Waals surface area contributed by atoms with E-state index in [-0.39, 0.29) is 108 Å². The van der Waals surface area contributed by atoms with E-state index in [0.29, 0.717) is 57.8 Å². The van der Waals surface area contributed by atoms with Crippen molar-refractivity contribution in [1.82, 2.24) is 14.7 Å². The summed E-state index contributed by atoms with van der Waals surface area (Å²) < 4.78 is 118. The predicted octanol–water partition coefficient (Wildman–Crippen LogP) is 10.7. The van der Waals surface area contributed by atoms with Crippen molar-refractivity contribution < 1.29 is 97.7 Å². The van der Waals surface area contributed by atoms with Crippen molar-refractivity contribution in [3.63, 3.8) is 0 Å². The fourth-order valence-corrected chi connectivity index (χ4v) is 21.2. The second-order valence-corrected chi connectivity index (χ2v) is 34.0. The highest BCUT2D eigenvalue weighted by molar-refractivity contribution is 7.79. The Bertz CT molecular complexity index is 3500. The van der Waals surface area contributed by atoms with Crippen molar-refractivity contribution in [1.29, 1.82) is 0 Å². The monoisotopic (exact) mass is 1830 g/mol. The normalized spacial score (nSPS) is 16.1. The van der Waals surface area contributed by atoms with Crippen LogP contribution < -0.4 is 0 Å². The van der Waals surface area contributed by atoms with Gasteiger partial charge in [0.25, 0.3) is 0 Å². The van der Waals surface area contributed by atoms with Gasteiger partial charge in [-0.15, -0.1) is 41.9 Å². The Labute approximate surface area is 833 Å². The number of ether oxygens (including phenoxy) is 9. The summed E-state index contributed by atoms with van der Waals surface area (Å²) in [5.74, 6) is -2.80. The zero-order chi connectivity index (χ0) is 102. The van der Waals surface area contributed by atoms with Gasteiger partial charge in [-0.1, -0.05) is 262 Å². The second-order valence-electron chi connectivity index (χ2n) is 34.0. The van der Waals surface area contributed by atoms with Gasteiger partial charge in [0, 0.05) is 77.9 Å². The summed E-state index contributed by atoms with van der Waals surface area (Å²) in [4.78, 5) is 74.8. The van der Waals surface area contributed by atoms with E-state index in [0.717, 1.165) is 58.9 Å². The van der Waals surface area contributed by atoms with Gasteiger partial charge in [0.1, 0.15) is 19.8 Å². The lowest BCUT2D eigenvalue weighted by molar-refractivity contribution is -0.219. The quantitative estimate of drug-likeness (QED) is 0.0224. The Kier molecular flexibility index (Phi) is 59.5. The molecule has 3 aliphatic rings. The minimum atomic E-state index is -3.14. The lowest BCUT2D eigenvalue weighted by Crippen LogP contribution is -2.77. The fraction of sp³-hybridized carbons (Fsp3) is 0.692. The molecule has 57 heteroatoms. The number of hydrogen-bond donors (Lipinski definition) is 0. The minimum Gasteiger partial charge on any atom is -0.467 e. The van der Waals surface area contributed by atoms with Crippen LogP contribution in [0.15, 0.2) is 91.0 Å². The minimum absolute atomic E-state index is 0.0455. The molecule has 0 N–H and O–H groups in total. The zero-order valence-electron chi connectivity index (χ0n) is 85.9. The Morgan fingerprint density at radius 2 is 0.578 bits per heavy atom. The molecule has 1 unspecified atom stereocenters. The molecule has 3 atom stereocenters. The van der Waals surface area contributed by atoms with Crippen molar-refractivity contribution in [2.45, 2.75) is 288 Å². The summed E-state index contributed by atoms with van der Waals surface area (Å²) in [6, 6.07) is 27.0. The summed E-state index contributed by atoms with van der Waals surface area (Å²) in [6.45, 7) is 48.9. The molecule has 3 amide bonds. The summed E-state index contributed by atoms with van der Waals surface area (Å²) in [5, 5.41) is -0.444. The van der Waals surface area contributed by atoms with Gasteiger partial charge in [0.15, 0.2) is 16.8 Å². The largest absolute Gasteiger partial charge is 0.467 e. The molecule has 6 rings (SSSR count). The number of carbonyl (C=O) groups is 6. The lowest BCUT2D eigenvalue weighted by atomic mass is 8.57. The van der Waals surface area contributed by atoms with Gasteiger partial charge < -0.3 is 57.3 Å². The first-order chi connectivity index (χ1) is 64.4. The Morgan fingerprint density at radius 3 is 0.756 bits per heavy atom. The van der Waals surface area contributed by atoms with Crippen molar-refractivity contribution in [3.05, 3.63) is 108 Å². The van der Waals surface area contributed by atoms with Crippen molar-refractivity contribution in [2.75, 3.05) is 60.6 Å². The number of likely N-dealkylation sites (tertiary alicyclic amines) is 3. The maximum absolute atomic E-state index is 12.6. The third-order valence-corrected chi connectivity index (χ3v) is 28.8. The van der Waals surface area contributed by atoms with Crippen LogP contribution in [0.25, 0.3) is 0 Å². The van der Waals surface area contributed by atoms with E-state index in [9.17, 15) is 55.1 Å². The molecular formula is C78H129B33F6N3O15. The van der Waals surface area contributed by atoms with E-state index in [1.807, 2.05) is 18.2 Å². The van der Waals surface area contributed by atoms with Gasteiger partial charge in [0.05, 0.1) is 236 Å². The van der Waals surface area contributed by atoms with Crippen LogP contribution >= 0.6 is 0 Å². The highest BCUT2D eigenvalue weighted by Crippen LogP contribution is 2.48. The number of carbonyl (C=O) groups excluding carboxylic acids is 6. The number of methoxy groups -OCH3 is 3. The van der Waals surface area contributed by atoms with Crippen LogP contribution in [0.3, 0.4) is 0 Å². The fourth-order valence-electron chi connectivity index (χ4n) is 21.2. The first-order valence-electron chi connectivity index (χ1n) is 47.4. The van der Waals surface area contributed by atoms with E-state index >= 15 is 0 Å². The van der Waals surface area contributed by atoms with E-state index in [2.05, 4.69) is 380 Å². The van der Waals surface area contributed by atoms with E-state index < -0.39 is 72.8 Å². The molecule has 0 aromatic heterocycles. The topological polar surface area (TPSA) is 195 Å². The molecule has 25 radical (unpaired) electrons. The first-order valence-corrected chi connectivity index (χ1v) is 47.4. The van der Waals surface area contributed by atoms with Crippen molar-refractivity contribution in [2.24, 2.45) is 0 Å². The van der Waals surface area contributed by atoms with Gasteiger partial charge >= 0.3 is 56.0 Å². The van der Waals surface area contributed by atoms with Crippen molar-refractivity contribution >= 4 is 270 Å². The smallest absolute Gasteiger partial charge is 0.410 e. The number of hydrogen-bond acceptors (Lipinski definition) is 15. The first kappa shape index (κ1) is 127. The molecular weight excluding hydrogens is 1690 g/mol. The summed E-state index contributed by atoms with van der Waals surface area (Å²) in [5.41, 5.74) is -2.77. The maximum Gasteiger partial charge on any atom is 0.410 e. The van der Waals surface area contributed by atoms with Gasteiger partial charge in [-0.05, 0) is 16.7 Å². The molecule has 3 saturated heterocycles. The highest BCUT2D eigenvalue weighted by atomic mass is 19.3. The van der Waals surface area contributed by atoms with Gasteiger partial charge in [-0.3, -0.25) is 0 Å². The molecule has 0 aliphatic carbocycles. The Morgan fingerprint density at radius 1 is 0.341 bits per heavy atom. The average molecular weight is 1820 g/mol. The molecule has 3 heterocycles. The third kappa shape index (κ3) is 32.8. The molecule has 3 fully saturated rings. The third-order valence-electron chi connectivity index (χ3n) is 28.8. The van der Waals surface area contributed by atoms with Crippen LogP contribution in [0.4, 0.5) is 40.7 Å². The van der Waals surface area contributed by atoms with Gasteiger partial charge in [-0.2, -0.15) is 26.3 Å². The summed E-state index contributed by atoms with van der Waals surface area (Å²) in [6.07, 6.45) is -1.25. The number of alkyl halides is 6. The number of rotatable bonds is 54. The van der Waals surface area contributed by atoms with Crippen LogP contribution in [0.2, 0.25) is 212 Å².